The highest BCUT2D eigenvalue weighted by atomic mass is 19.4. The van der Waals surface area contributed by atoms with Gasteiger partial charge in [-0.05, 0) is 39.2 Å². The highest BCUT2D eigenvalue weighted by Crippen LogP contribution is 2.22. The molecule has 1 amide bonds. The lowest BCUT2D eigenvalue weighted by Crippen LogP contribution is -2.46. The number of halogens is 3. The third kappa shape index (κ3) is 8.59. The number of allylic oxidation sites excluding steroid dienone is 2. The van der Waals surface area contributed by atoms with Crippen molar-refractivity contribution in [3.05, 3.63) is 23.8 Å². The molecule has 1 N–H and O–H groups in total. The Bertz CT molecular complexity index is 518. The van der Waals surface area contributed by atoms with Gasteiger partial charge in [-0.2, -0.15) is 13.2 Å². The number of amides is 1. The molecular formula is C16H22F3NO4. The maximum atomic E-state index is 12.6. The van der Waals surface area contributed by atoms with Crippen LogP contribution < -0.4 is 5.32 Å². The zero-order valence-corrected chi connectivity index (χ0v) is 13.9. The van der Waals surface area contributed by atoms with Crippen molar-refractivity contribution in [2.24, 2.45) is 0 Å². The van der Waals surface area contributed by atoms with Gasteiger partial charge in [-0.15, -0.1) is 0 Å². The lowest BCUT2D eigenvalue weighted by atomic mass is 10.1. The van der Waals surface area contributed by atoms with Gasteiger partial charge in [0.05, 0.1) is 6.42 Å². The molecule has 1 rings (SSSR count). The van der Waals surface area contributed by atoms with Gasteiger partial charge in [0, 0.05) is 0 Å². The maximum Gasteiger partial charge on any atom is 0.408 e. The van der Waals surface area contributed by atoms with E-state index in [0.717, 1.165) is 12.8 Å². The van der Waals surface area contributed by atoms with Crippen LogP contribution in [0.25, 0.3) is 0 Å². The summed E-state index contributed by atoms with van der Waals surface area (Å²) >= 11 is 0. The molecule has 1 aliphatic rings. The fourth-order valence-electron chi connectivity index (χ4n) is 1.90. The summed E-state index contributed by atoms with van der Waals surface area (Å²) in [6.45, 7) is 4.54. The van der Waals surface area contributed by atoms with Crippen molar-refractivity contribution in [1.82, 2.24) is 5.32 Å². The van der Waals surface area contributed by atoms with Crippen LogP contribution in [0.4, 0.5) is 18.0 Å². The number of alkyl halides is 3. The Balaban J connectivity index is 2.66. The minimum atomic E-state index is -4.64. The summed E-state index contributed by atoms with van der Waals surface area (Å²) < 4.78 is 47.7. The van der Waals surface area contributed by atoms with Crippen molar-refractivity contribution in [1.29, 1.82) is 0 Å². The van der Waals surface area contributed by atoms with Gasteiger partial charge in [0.25, 0.3) is 0 Å². The fourth-order valence-corrected chi connectivity index (χ4v) is 1.90. The zero-order chi connectivity index (χ0) is 18.4. The third-order valence-electron chi connectivity index (χ3n) is 2.86. The van der Waals surface area contributed by atoms with Crippen LogP contribution in [-0.4, -0.2) is 36.5 Å². The molecule has 0 bridgehead atoms. The molecule has 1 unspecified atom stereocenters. The molecule has 0 saturated carbocycles. The quantitative estimate of drug-likeness (QED) is 0.770. The third-order valence-corrected chi connectivity index (χ3v) is 2.86. The molecular weight excluding hydrogens is 327 g/mol. The van der Waals surface area contributed by atoms with Gasteiger partial charge < -0.3 is 14.8 Å². The molecule has 0 heterocycles. The Labute approximate surface area is 138 Å². The molecule has 0 aromatic carbocycles. The first-order valence-corrected chi connectivity index (χ1v) is 7.55. The number of hydrogen-bond acceptors (Lipinski definition) is 4. The second kappa shape index (κ2) is 8.21. The van der Waals surface area contributed by atoms with Crippen molar-refractivity contribution in [3.8, 4) is 0 Å². The van der Waals surface area contributed by atoms with E-state index >= 15 is 0 Å². The van der Waals surface area contributed by atoms with Gasteiger partial charge in [-0.1, -0.05) is 18.2 Å². The first-order chi connectivity index (χ1) is 11.0. The molecule has 1 atom stereocenters. The van der Waals surface area contributed by atoms with Gasteiger partial charge in [0.1, 0.15) is 18.2 Å². The Morgan fingerprint density at radius 3 is 2.42 bits per heavy atom. The fraction of sp³-hybridized carbons (Fsp3) is 0.625. The van der Waals surface area contributed by atoms with Crippen LogP contribution in [0.15, 0.2) is 23.8 Å². The molecule has 8 heteroatoms. The number of ether oxygens (including phenoxy) is 2. The van der Waals surface area contributed by atoms with E-state index in [-0.39, 0.29) is 6.61 Å². The summed E-state index contributed by atoms with van der Waals surface area (Å²) in [7, 11) is 0. The van der Waals surface area contributed by atoms with Crippen LogP contribution in [0.3, 0.4) is 0 Å². The highest BCUT2D eigenvalue weighted by Gasteiger charge is 2.38. The Kier molecular flexibility index (Phi) is 6.86. The number of esters is 1. The van der Waals surface area contributed by atoms with E-state index in [2.05, 4.69) is 0 Å². The van der Waals surface area contributed by atoms with E-state index < -0.39 is 36.3 Å². The van der Waals surface area contributed by atoms with Crippen molar-refractivity contribution in [3.63, 3.8) is 0 Å². The summed E-state index contributed by atoms with van der Waals surface area (Å²) in [6, 6.07) is -1.85. The lowest BCUT2D eigenvalue weighted by molar-refractivity contribution is -0.161. The van der Waals surface area contributed by atoms with Gasteiger partial charge in [0.15, 0.2) is 0 Å². The Hall–Kier alpha value is -1.99. The van der Waals surface area contributed by atoms with E-state index in [1.807, 2.05) is 17.5 Å². The predicted octanol–water partition coefficient (Wildman–Crippen LogP) is 3.65. The van der Waals surface area contributed by atoms with Gasteiger partial charge in [-0.25, -0.2) is 9.59 Å². The summed E-state index contributed by atoms with van der Waals surface area (Å²) in [6.07, 6.45) is -0.146. The van der Waals surface area contributed by atoms with Gasteiger partial charge in [-0.3, -0.25) is 0 Å². The molecule has 136 valence electrons. The van der Waals surface area contributed by atoms with Crippen molar-refractivity contribution in [2.75, 3.05) is 6.61 Å². The second-order valence-corrected chi connectivity index (χ2v) is 6.38. The molecule has 0 spiro atoms. The van der Waals surface area contributed by atoms with Crippen LogP contribution in [0, 0.1) is 0 Å². The minimum absolute atomic E-state index is 0.139. The number of alkyl carbamates (subject to hydrolysis) is 1. The number of carbonyl (C=O) groups excluding carboxylic acids is 2. The van der Waals surface area contributed by atoms with E-state index in [1.54, 1.807) is 26.8 Å². The number of carbonyl (C=O) groups is 2. The first-order valence-electron chi connectivity index (χ1n) is 7.55. The smallest absolute Gasteiger partial charge is 0.408 e. The maximum absolute atomic E-state index is 12.6. The minimum Gasteiger partial charge on any atom is -0.459 e. The van der Waals surface area contributed by atoms with Gasteiger partial charge >= 0.3 is 18.2 Å². The Morgan fingerprint density at radius 2 is 1.92 bits per heavy atom. The summed E-state index contributed by atoms with van der Waals surface area (Å²) in [4.78, 5) is 23.6. The van der Waals surface area contributed by atoms with E-state index in [1.165, 1.54) is 0 Å². The molecule has 0 saturated heterocycles. The molecule has 24 heavy (non-hydrogen) atoms. The highest BCUT2D eigenvalue weighted by molar-refractivity contribution is 5.81. The second-order valence-electron chi connectivity index (χ2n) is 6.38. The largest absolute Gasteiger partial charge is 0.459 e. The van der Waals surface area contributed by atoms with Crippen LogP contribution in [0.1, 0.15) is 40.0 Å². The molecule has 0 fully saturated rings. The van der Waals surface area contributed by atoms with E-state index in [4.69, 9.17) is 9.47 Å². The molecule has 5 nitrogen and oxygen atoms in total. The summed E-state index contributed by atoms with van der Waals surface area (Å²) in [5.41, 5.74) is -0.188. The number of nitrogens with one attached hydrogen (secondary N) is 1. The average molecular weight is 349 g/mol. The first kappa shape index (κ1) is 20.1. The van der Waals surface area contributed by atoms with Gasteiger partial charge in [0.2, 0.25) is 0 Å². The van der Waals surface area contributed by atoms with E-state index in [9.17, 15) is 22.8 Å². The van der Waals surface area contributed by atoms with E-state index in [0.29, 0.717) is 5.57 Å². The van der Waals surface area contributed by atoms with Crippen LogP contribution in [0.2, 0.25) is 0 Å². The lowest BCUT2D eigenvalue weighted by Gasteiger charge is -2.23. The molecule has 0 radical (unpaired) electrons. The standard InChI is InChI=1S/C16H22F3NO4/c1-15(2,3)24-14(22)20-12(9-16(17,18)19)13(21)23-10-11-7-5-4-6-8-11/h5,7-8,12H,4,6,9-10H2,1-3H3,(H,20,22). The summed E-state index contributed by atoms with van der Waals surface area (Å²) in [5, 5.41) is 1.92. The van der Waals surface area contributed by atoms with Crippen molar-refractivity contribution >= 4 is 12.1 Å². The number of hydrogen-bond donors (Lipinski definition) is 1. The predicted molar refractivity (Wildman–Crippen MR) is 81.2 cm³/mol. The monoisotopic (exact) mass is 349 g/mol. The van der Waals surface area contributed by atoms with Crippen LogP contribution >= 0.6 is 0 Å². The van der Waals surface area contributed by atoms with Crippen LogP contribution in [0.5, 0.6) is 0 Å². The average Bonchev–Trinajstić information content (AvgIpc) is 2.41. The molecule has 0 aliphatic heterocycles. The normalized spacial score (nSPS) is 16.2. The molecule has 0 aromatic heterocycles. The molecule has 1 aliphatic carbocycles. The summed E-state index contributed by atoms with van der Waals surface area (Å²) in [5.74, 6) is -1.15. The SMILES string of the molecule is CC(C)(C)OC(=O)NC(CC(F)(F)F)C(=O)OCC1=CCCC=C1. The number of rotatable bonds is 5. The molecule has 0 aromatic rings. The Morgan fingerprint density at radius 1 is 1.25 bits per heavy atom. The van der Waals surface area contributed by atoms with Crippen LogP contribution in [-0.2, 0) is 14.3 Å². The topological polar surface area (TPSA) is 64.6 Å². The van der Waals surface area contributed by atoms with Crippen molar-refractivity contribution < 1.29 is 32.2 Å². The van der Waals surface area contributed by atoms with Crippen molar-refractivity contribution in [2.45, 2.75) is 57.9 Å². The zero-order valence-electron chi connectivity index (χ0n) is 13.9.